The average Bonchev–Trinajstić information content (AvgIpc) is 2.24. The van der Waals surface area contributed by atoms with Crippen molar-refractivity contribution >= 4 is 39.3 Å². The van der Waals surface area contributed by atoms with Crippen LogP contribution in [0.25, 0.3) is 0 Å². The lowest BCUT2D eigenvalue weighted by molar-refractivity contribution is 0.357. The fraction of sp³-hybridized carbons (Fsp3) is 1.00. The smallest absolute Gasteiger partial charge is 0.314 e. The van der Waals surface area contributed by atoms with Gasteiger partial charge in [-0.25, -0.2) is 0 Å². The second-order valence-corrected chi connectivity index (χ2v) is 13.1. The van der Waals surface area contributed by atoms with Crippen molar-refractivity contribution in [2.75, 3.05) is 23.2 Å². The van der Waals surface area contributed by atoms with Crippen molar-refractivity contribution in [3.63, 3.8) is 0 Å². The molecule has 0 N–H and O–H groups in total. The van der Waals surface area contributed by atoms with Crippen molar-refractivity contribution in [3.8, 4) is 0 Å². The van der Waals surface area contributed by atoms with Gasteiger partial charge in [-0.15, -0.1) is 0 Å². The SMILES string of the molecule is CCOP(=O)(SCC(C)C)SCS(=O)CC. The Morgan fingerprint density at radius 1 is 1.31 bits per heavy atom. The van der Waals surface area contributed by atoms with Gasteiger partial charge in [0.15, 0.2) is 0 Å². The minimum Gasteiger partial charge on any atom is -0.314 e. The van der Waals surface area contributed by atoms with Crippen LogP contribution in [0, 0.1) is 5.92 Å². The van der Waals surface area contributed by atoms with Crippen LogP contribution in [0.1, 0.15) is 27.7 Å². The maximum atomic E-state index is 12.3. The number of hydrogen-bond donors (Lipinski definition) is 0. The van der Waals surface area contributed by atoms with Gasteiger partial charge in [0, 0.05) is 22.3 Å². The van der Waals surface area contributed by atoms with Crippen molar-refractivity contribution in [1.29, 1.82) is 0 Å². The van der Waals surface area contributed by atoms with E-state index in [1.165, 1.54) is 22.8 Å². The van der Waals surface area contributed by atoms with Gasteiger partial charge in [0.1, 0.15) is 0 Å². The molecule has 0 aromatic rings. The molecule has 0 saturated heterocycles. The molecule has 0 saturated carbocycles. The fourth-order valence-electron chi connectivity index (χ4n) is 0.717. The first-order chi connectivity index (χ1) is 7.43. The summed E-state index contributed by atoms with van der Waals surface area (Å²) in [6.07, 6.45) is 0. The van der Waals surface area contributed by atoms with Crippen molar-refractivity contribution in [3.05, 3.63) is 0 Å². The van der Waals surface area contributed by atoms with E-state index in [1.807, 2.05) is 13.8 Å². The molecule has 0 aliphatic rings. The normalized spacial score (nSPS) is 17.3. The minimum absolute atomic E-state index is 0.402. The molecule has 0 amide bonds. The van der Waals surface area contributed by atoms with E-state index in [1.54, 1.807) is 0 Å². The van der Waals surface area contributed by atoms with E-state index in [4.69, 9.17) is 4.52 Å². The van der Waals surface area contributed by atoms with E-state index in [2.05, 4.69) is 13.8 Å². The van der Waals surface area contributed by atoms with Crippen LogP contribution in [0.2, 0.25) is 0 Å². The maximum Gasteiger partial charge on any atom is 0.314 e. The molecule has 0 radical (unpaired) electrons. The van der Waals surface area contributed by atoms with E-state index in [-0.39, 0.29) is 0 Å². The highest BCUT2D eigenvalue weighted by Gasteiger charge is 2.25. The summed E-state index contributed by atoms with van der Waals surface area (Å²) in [5.74, 6) is -0.804. The maximum absolute atomic E-state index is 12.3. The summed E-state index contributed by atoms with van der Waals surface area (Å²) in [6, 6.07) is 0. The summed E-state index contributed by atoms with van der Waals surface area (Å²) in [7, 11) is -0.894. The Morgan fingerprint density at radius 2 is 1.94 bits per heavy atom. The first-order valence-electron chi connectivity index (χ1n) is 5.32. The molecule has 0 aliphatic carbocycles. The third kappa shape index (κ3) is 8.18. The molecule has 0 spiro atoms. The Balaban J connectivity index is 4.21. The average molecular weight is 304 g/mol. The Kier molecular flexibility index (Phi) is 9.62. The molecule has 0 heterocycles. The van der Waals surface area contributed by atoms with Gasteiger partial charge in [0.2, 0.25) is 0 Å². The van der Waals surface area contributed by atoms with Crippen LogP contribution in [-0.4, -0.2) is 27.4 Å². The van der Waals surface area contributed by atoms with Crippen LogP contribution >= 0.6 is 28.5 Å². The van der Waals surface area contributed by atoms with E-state index in [0.29, 0.717) is 23.4 Å². The lowest BCUT2D eigenvalue weighted by Gasteiger charge is -2.16. The van der Waals surface area contributed by atoms with E-state index in [9.17, 15) is 8.77 Å². The fourth-order valence-corrected chi connectivity index (χ4v) is 10.7. The highest BCUT2D eigenvalue weighted by Crippen LogP contribution is 2.70. The molecular weight excluding hydrogens is 283 g/mol. The van der Waals surface area contributed by atoms with Crippen LogP contribution in [-0.2, 0) is 19.9 Å². The van der Waals surface area contributed by atoms with E-state index >= 15 is 0 Å². The molecule has 0 bridgehead atoms. The summed E-state index contributed by atoms with van der Waals surface area (Å²) in [5, 5.41) is 0.402. The molecule has 3 nitrogen and oxygen atoms in total. The molecule has 0 fully saturated rings. The van der Waals surface area contributed by atoms with E-state index < -0.39 is 16.6 Å². The molecule has 0 aliphatic heterocycles. The molecule has 0 aromatic carbocycles. The monoisotopic (exact) mass is 304 g/mol. The number of hydrogen-bond acceptors (Lipinski definition) is 5. The van der Waals surface area contributed by atoms with E-state index in [0.717, 1.165) is 5.75 Å². The Morgan fingerprint density at radius 3 is 2.38 bits per heavy atom. The minimum atomic E-state index is -2.70. The van der Waals surface area contributed by atoms with Crippen LogP contribution in [0.15, 0.2) is 0 Å². The summed E-state index contributed by atoms with van der Waals surface area (Å²) in [4.78, 5) is 0. The second kappa shape index (κ2) is 9.03. The van der Waals surface area contributed by atoms with Crippen molar-refractivity contribution < 1.29 is 13.3 Å². The molecule has 0 rings (SSSR count). The lowest BCUT2D eigenvalue weighted by atomic mass is 10.3. The predicted molar refractivity (Wildman–Crippen MR) is 77.7 cm³/mol. The predicted octanol–water partition coefficient (Wildman–Crippen LogP) is 3.98. The largest absolute Gasteiger partial charge is 0.314 e. The second-order valence-electron chi connectivity index (χ2n) is 3.53. The zero-order valence-corrected chi connectivity index (χ0v) is 13.6. The molecule has 2 atom stereocenters. The summed E-state index contributed by atoms with van der Waals surface area (Å²) < 4.78 is 28.9. The van der Waals surface area contributed by atoms with Crippen molar-refractivity contribution in [2.45, 2.75) is 27.7 Å². The first kappa shape index (κ1) is 17.0. The van der Waals surface area contributed by atoms with Gasteiger partial charge in [-0.2, -0.15) is 0 Å². The standard InChI is InChI=1S/C9H21O3PS3/c1-5-12-13(10,14-7-9(3)4)15-8-16(11)6-2/h9H,5-8H2,1-4H3. The van der Waals surface area contributed by atoms with Gasteiger partial charge >= 0.3 is 5.77 Å². The van der Waals surface area contributed by atoms with Crippen LogP contribution in [0.5, 0.6) is 0 Å². The van der Waals surface area contributed by atoms with Gasteiger partial charge in [-0.1, -0.05) is 32.2 Å². The quantitative estimate of drug-likeness (QED) is 0.603. The first-order valence-corrected chi connectivity index (χ1v) is 11.6. The van der Waals surface area contributed by atoms with Gasteiger partial charge < -0.3 is 4.52 Å². The molecule has 98 valence electrons. The number of rotatable bonds is 9. The highest BCUT2D eigenvalue weighted by molar-refractivity contribution is 8.89. The molecular formula is C9H21O3PS3. The van der Waals surface area contributed by atoms with Crippen molar-refractivity contribution in [1.82, 2.24) is 0 Å². The van der Waals surface area contributed by atoms with Gasteiger partial charge in [0.05, 0.1) is 11.7 Å². The topological polar surface area (TPSA) is 43.4 Å². The van der Waals surface area contributed by atoms with Gasteiger partial charge in [0.25, 0.3) is 0 Å². The molecule has 7 heteroatoms. The lowest BCUT2D eigenvalue weighted by Crippen LogP contribution is -1.97. The third-order valence-electron chi connectivity index (χ3n) is 1.52. The highest BCUT2D eigenvalue weighted by atomic mass is 33.1. The van der Waals surface area contributed by atoms with Crippen molar-refractivity contribution in [2.24, 2.45) is 5.92 Å². The Labute approximate surface area is 109 Å². The van der Waals surface area contributed by atoms with Gasteiger partial charge in [-0.3, -0.25) is 8.77 Å². The van der Waals surface area contributed by atoms with Crippen LogP contribution in [0.4, 0.5) is 0 Å². The third-order valence-corrected chi connectivity index (χ3v) is 11.5. The van der Waals surface area contributed by atoms with Gasteiger partial charge in [-0.05, 0) is 24.2 Å². The van der Waals surface area contributed by atoms with Crippen LogP contribution in [0.3, 0.4) is 0 Å². The zero-order valence-electron chi connectivity index (χ0n) is 10.3. The molecule has 0 aromatic heterocycles. The molecule has 16 heavy (non-hydrogen) atoms. The summed E-state index contributed by atoms with van der Waals surface area (Å²) in [5.41, 5.74) is 0. The Hall–Kier alpha value is 1.04. The summed E-state index contributed by atoms with van der Waals surface area (Å²) in [6.45, 7) is 8.30. The zero-order chi connectivity index (χ0) is 12.6. The van der Waals surface area contributed by atoms with Crippen LogP contribution < -0.4 is 0 Å². The Bertz CT molecular complexity index is 258. The summed E-state index contributed by atoms with van der Waals surface area (Å²) >= 11 is 2.59. The molecule has 2 unspecified atom stereocenters.